The van der Waals surface area contributed by atoms with E-state index in [0.717, 1.165) is 32.8 Å². The topological polar surface area (TPSA) is 34.3 Å². The zero-order chi connectivity index (χ0) is 13.2. The molecule has 2 aromatic rings. The number of aromatic nitrogens is 1. The van der Waals surface area contributed by atoms with Crippen molar-refractivity contribution in [3.05, 3.63) is 30.0 Å². The third kappa shape index (κ3) is 2.46. The maximum absolute atomic E-state index is 3.47. The standard InChI is InChI=1S/C15H22N4/c1-12-15(13-5-3-4-6-14(13)17-12)18(2)11-19-9-7-16-8-10-19/h3-6,16-17H,7-11H2,1-2H3. The minimum Gasteiger partial charge on any atom is -0.360 e. The van der Waals surface area contributed by atoms with Gasteiger partial charge < -0.3 is 15.2 Å². The Labute approximate surface area is 114 Å². The highest BCUT2D eigenvalue weighted by molar-refractivity contribution is 5.94. The van der Waals surface area contributed by atoms with Crippen LogP contribution >= 0.6 is 0 Å². The van der Waals surface area contributed by atoms with Gasteiger partial charge in [-0.25, -0.2) is 0 Å². The summed E-state index contributed by atoms with van der Waals surface area (Å²) in [5.41, 5.74) is 3.80. The van der Waals surface area contributed by atoms with E-state index in [-0.39, 0.29) is 0 Å². The Balaban J connectivity index is 1.84. The van der Waals surface area contributed by atoms with Gasteiger partial charge in [0.2, 0.25) is 0 Å². The Morgan fingerprint density at radius 1 is 1.21 bits per heavy atom. The fourth-order valence-corrected chi connectivity index (χ4v) is 2.98. The SMILES string of the molecule is Cc1[nH]c2ccccc2c1N(C)CN1CCNCC1. The number of hydrogen-bond acceptors (Lipinski definition) is 3. The summed E-state index contributed by atoms with van der Waals surface area (Å²) in [7, 11) is 2.19. The summed E-state index contributed by atoms with van der Waals surface area (Å²) in [4.78, 5) is 8.33. The van der Waals surface area contributed by atoms with Crippen molar-refractivity contribution in [2.24, 2.45) is 0 Å². The molecule has 0 radical (unpaired) electrons. The average Bonchev–Trinajstić information content (AvgIpc) is 2.75. The first-order chi connectivity index (χ1) is 9.25. The minimum absolute atomic E-state index is 0.990. The molecule has 0 saturated carbocycles. The summed E-state index contributed by atoms with van der Waals surface area (Å²) in [5.74, 6) is 0. The highest BCUT2D eigenvalue weighted by Crippen LogP contribution is 2.29. The van der Waals surface area contributed by atoms with Crippen molar-refractivity contribution < 1.29 is 0 Å². The lowest BCUT2D eigenvalue weighted by Crippen LogP contribution is -2.47. The Hall–Kier alpha value is -1.52. The van der Waals surface area contributed by atoms with E-state index in [9.17, 15) is 0 Å². The smallest absolute Gasteiger partial charge is 0.0705 e. The quantitative estimate of drug-likeness (QED) is 0.880. The van der Waals surface area contributed by atoms with Gasteiger partial charge >= 0.3 is 0 Å². The molecule has 0 unspecified atom stereocenters. The van der Waals surface area contributed by atoms with Crippen LogP contribution in [-0.2, 0) is 0 Å². The summed E-state index contributed by atoms with van der Waals surface area (Å²) < 4.78 is 0. The van der Waals surface area contributed by atoms with Crippen LogP contribution in [0.5, 0.6) is 0 Å². The number of nitrogens with zero attached hydrogens (tertiary/aromatic N) is 2. The van der Waals surface area contributed by atoms with Crippen molar-refractivity contribution >= 4 is 16.6 Å². The number of anilines is 1. The number of H-pyrrole nitrogens is 1. The van der Waals surface area contributed by atoms with E-state index in [1.165, 1.54) is 22.3 Å². The Kier molecular flexibility index (Phi) is 3.44. The van der Waals surface area contributed by atoms with Crippen LogP contribution in [0.1, 0.15) is 5.69 Å². The van der Waals surface area contributed by atoms with Gasteiger partial charge in [-0.15, -0.1) is 0 Å². The maximum Gasteiger partial charge on any atom is 0.0705 e. The summed E-state index contributed by atoms with van der Waals surface area (Å²) in [6.45, 7) is 7.60. The second-order valence-electron chi connectivity index (χ2n) is 5.35. The highest BCUT2D eigenvalue weighted by Gasteiger charge is 2.16. The molecule has 19 heavy (non-hydrogen) atoms. The van der Waals surface area contributed by atoms with Crippen LogP contribution in [0.25, 0.3) is 10.9 Å². The predicted octanol–water partition coefficient (Wildman–Crippen LogP) is 1.78. The monoisotopic (exact) mass is 258 g/mol. The molecule has 2 N–H and O–H groups in total. The minimum atomic E-state index is 0.990. The lowest BCUT2D eigenvalue weighted by atomic mass is 10.2. The van der Waals surface area contributed by atoms with E-state index < -0.39 is 0 Å². The second kappa shape index (κ2) is 5.23. The largest absolute Gasteiger partial charge is 0.360 e. The number of rotatable bonds is 3. The number of aromatic amines is 1. The van der Waals surface area contributed by atoms with Crippen LogP contribution in [-0.4, -0.2) is 49.8 Å². The van der Waals surface area contributed by atoms with Crippen molar-refractivity contribution in [2.75, 3.05) is 44.8 Å². The van der Waals surface area contributed by atoms with Crippen LogP contribution < -0.4 is 10.2 Å². The number of fused-ring (bicyclic) bond motifs is 1. The van der Waals surface area contributed by atoms with E-state index in [1.54, 1.807) is 0 Å². The van der Waals surface area contributed by atoms with Crippen molar-refractivity contribution in [1.29, 1.82) is 0 Å². The summed E-state index contributed by atoms with van der Waals surface area (Å²) in [6, 6.07) is 8.53. The van der Waals surface area contributed by atoms with Crippen molar-refractivity contribution in [3.63, 3.8) is 0 Å². The number of hydrogen-bond donors (Lipinski definition) is 2. The highest BCUT2D eigenvalue weighted by atomic mass is 15.3. The van der Waals surface area contributed by atoms with Crippen LogP contribution in [0.3, 0.4) is 0 Å². The molecule has 4 nitrogen and oxygen atoms in total. The summed E-state index contributed by atoms with van der Waals surface area (Å²) in [5, 5.41) is 4.71. The molecular formula is C15H22N4. The molecule has 1 fully saturated rings. The van der Waals surface area contributed by atoms with E-state index >= 15 is 0 Å². The van der Waals surface area contributed by atoms with Crippen molar-refractivity contribution in [2.45, 2.75) is 6.92 Å². The molecule has 3 rings (SSSR count). The van der Waals surface area contributed by atoms with Crippen molar-refractivity contribution in [1.82, 2.24) is 15.2 Å². The lowest BCUT2D eigenvalue weighted by molar-refractivity contribution is 0.243. The first-order valence-corrected chi connectivity index (χ1v) is 6.97. The molecule has 102 valence electrons. The number of nitrogens with one attached hydrogen (secondary N) is 2. The molecule has 1 aromatic heterocycles. The molecular weight excluding hydrogens is 236 g/mol. The Morgan fingerprint density at radius 2 is 1.95 bits per heavy atom. The van der Waals surface area contributed by atoms with Crippen LogP contribution in [0.2, 0.25) is 0 Å². The normalized spacial score (nSPS) is 16.9. The Bertz CT molecular complexity index is 554. The van der Waals surface area contributed by atoms with E-state index in [2.05, 4.69) is 58.3 Å². The number of piperazine rings is 1. The van der Waals surface area contributed by atoms with Gasteiger partial charge in [0.25, 0.3) is 0 Å². The molecule has 0 aliphatic carbocycles. The fourth-order valence-electron chi connectivity index (χ4n) is 2.98. The molecule has 0 spiro atoms. The zero-order valence-electron chi connectivity index (χ0n) is 11.7. The number of aryl methyl sites for hydroxylation is 1. The molecule has 1 saturated heterocycles. The summed E-state index contributed by atoms with van der Waals surface area (Å²) in [6.07, 6.45) is 0. The molecule has 1 aliphatic heterocycles. The maximum atomic E-state index is 3.47. The fraction of sp³-hybridized carbons (Fsp3) is 0.467. The summed E-state index contributed by atoms with van der Waals surface area (Å²) >= 11 is 0. The molecule has 2 heterocycles. The third-order valence-corrected chi connectivity index (χ3v) is 3.86. The first-order valence-electron chi connectivity index (χ1n) is 6.97. The van der Waals surface area contributed by atoms with Gasteiger partial charge in [-0.1, -0.05) is 18.2 Å². The van der Waals surface area contributed by atoms with Crippen molar-refractivity contribution in [3.8, 4) is 0 Å². The predicted molar refractivity (Wildman–Crippen MR) is 80.7 cm³/mol. The lowest BCUT2D eigenvalue weighted by Gasteiger charge is -2.32. The van der Waals surface area contributed by atoms with Gasteiger partial charge in [0, 0.05) is 49.8 Å². The molecule has 4 heteroatoms. The zero-order valence-corrected chi connectivity index (χ0v) is 11.7. The first kappa shape index (κ1) is 12.5. The van der Waals surface area contributed by atoms with Gasteiger partial charge in [0.15, 0.2) is 0 Å². The van der Waals surface area contributed by atoms with E-state index in [0.29, 0.717) is 0 Å². The van der Waals surface area contributed by atoms with Gasteiger partial charge in [-0.3, -0.25) is 4.90 Å². The van der Waals surface area contributed by atoms with Gasteiger partial charge in [0.1, 0.15) is 0 Å². The molecule has 1 aliphatic rings. The molecule has 0 bridgehead atoms. The van der Waals surface area contributed by atoms with Crippen LogP contribution in [0, 0.1) is 6.92 Å². The van der Waals surface area contributed by atoms with Crippen LogP contribution in [0.4, 0.5) is 5.69 Å². The molecule has 0 atom stereocenters. The van der Waals surface area contributed by atoms with Crippen LogP contribution in [0.15, 0.2) is 24.3 Å². The molecule has 1 aromatic carbocycles. The Morgan fingerprint density at radius 3 is 2.74 bits per heavy atom. The average molecular weight is 258 g/mol. The molecule has 0 amide bonds. The van der Waals surface area contributed by atoms with E-state index in [1.807, 2.05) is 0 Å². The van der Waals surface area contributed by atoms with Gasteiger partial charge in [0.05, 0.1) is 12.4 Å². The van der Waals surface area contributed by atoms with Gasteiger partial charge in [-0.05, 0) is 13.0 Å². The third-order valence-electron chi connectivity index (χ3n) is 3.86. The van der Waals surface area contributed by atoms with Gasteiger partial charge in [-0.2, -0.15) is 0 Å². The number of para-hydroxylation sites is 1. The number of benzene rings is 1. The second-order valence-corrected chi connectivity index (χ2v) is 5.35. The van der Waals surface area contributed by atoms with E-state index in [4.69, 9.17) is 0 Å².